The van der Waals surface area contributed by atoms with Gasteiger partial charge in [-0.05, 0) is 51.2 Å². The second kappa shape index (κ2) is 5.90. The Hall–Kier alpha value is -1.11. The van der Waals surface area contributed by atoms with Gasteiger partial charge in [0, 0.05) is 24.8 Å². The standard InChI is InChI=1S/C13H21N3O2S/c1-16(2)10-9-14-11-5-7-13(8-6-11)19(17,18)15-12-3-4-12/h5-8,12,14-15H,3-4,9-10H2,1-2H3. The summed E-state index contributed by atoms with van der Waals surface area (Å²) in [4.78, 5) is 2.42. The number of hydrogen-bond donors (Lipinski definition) is 2. The lowest BCUT2D eigenvalue weighted by Gasteiger charge is -2.12. The molecular weight excluding hydrogens is 262 g/mol. The number of likely N-dealkylation sites (N-methyl/N-ethyl adjacent to an activating group) is 1. The molecule has 0 amide bonds. The summed E-state index contributed by atoms with van der Waals surface area (Å²) in [6.07, 6.45) is 1.90. The van der Waals surface area contributed by atoms with E-state index in [1.54, 1.807) is 24.3 Å². The molecule has 0 aliphatic heterocycles. The van der Waals surface area contributed by atoms with E-state index in [9.17, 15) is 8.42 Å². The van der Waals surface area contributed by atoms with Gasteiger partial charge in [0.05, 0.1) is 4.90 Å². The maximum Gasteiger partial charge on any atom is 0.240 e. The van der Waals surface area contributed by atoms with Gasteiger partial charge < -0.3 is 10.2 Å². The first-order valence-electron chi connectivity index (χ1n) is 6.48. The van der Waals surface area contributed by atoms with Gasteiger partial charge in [0.2, 0.25) is 10.0 Å². The molecule has 5 nitrogen and oxygen atoms in total. The monoisotopic (exact) mass is 283 g/mol. The Balaban J connectivity index is 1.93. The molecule has 0 aromatic heterocycles. The van der Waals surface area contributed by atoms with Crippen LogP contribution >= 0.6 is 0 Å². The SMILES string of the molecule is CN(C)CCNc1ccc(S(=O)(=O)NC2CC2)cc1. The molecule has 2 N–H and O–H groups in total. The summed E-state index contributed by atoms with van der Waals surface area (Å²) in [6.45, 7) is 1.77. The van der Waals surface area contributed by atoms with Crippen LogP contribution in [0.1, 0.15) is 12.8 Å². The highest BCUT2D eigenvalue weighted by molar-refractivity contribution is 7.89. The zero-order valence-corrected chi connectivity index (χ0v) is 12.2. The Morgan fingerprint density at radius 1 is 1.21 bits per heavy atom. The summed E-state index contributed by atoms with van der Waals surface area (Å²) in [5.41, 5.74) is 0.937. The first-order chi connectivity index (χ1) is 8.97. The van der Waals surface area contributed by atoms with Crippen LogP contribution in [0.25, 0.3) is 0 Å². The minimum absolute atomic E-state index is 0.142. The van der Waals surface area contributed by atoms with Crippen molar-refractivity contribution in [2.75, 3.05) is 32.5 Å². The molecule has 0 atom stereocenters. The Labute approximate surface area is 115 Å². The third-order valence-electron chi connectivity index (χ3n) is 2.95. The van der Waals surface area contributed by atoms with Gasteiger partial charge in [-0.3, -0.25) is 0 Å². The van der Waals surface area contributed by atoms with Crippen molar-refractivity contribution in [2.45, 2.75) is 23.8 Å². The van der Waals surface area contributed by atoms with Crippen molar-refractivity contribution >= 4 is 15.7 Å². The van der Waals surface area contributed by atoms with Crippen LogP contribution in [0.4, 0.5) is 5.69 Å². The van der Waals surface area contributed by atoms with Gasteiger partial charge in [-0.15, -0.1) is 0 Å². The van der Waals surface area contributed by atoms with E-state index in [1.807, 2.05) is 14.1 Å². The third kappa shape index (κ3) is 4.49. The summed E-state index contributed by atoms with van der Waals surface area (Å²) in [5.74, 6) is 0. The first-order valence-corrected chi connectivity index (χ1v) is 7.97. The van der Waals surface area contributed by atoms with E-state index in [0.29, 0.717) is 4.90 Å². The van der Waals surface area contributed by atoms with Crippen molar-refractivity contribution < 1.29 is 8.42 Å². The summed E-state index contributed by atoms with van der Waals surface area (Å²) in [7, 11) is 0.696. The van der Waals surface area contributed by atoms with E-state index in [0.717, 1.165) is 31.6 Å². The van der Waals surface area contributed by atoms with Crippen LogP contribution in [0.3, 0.4) is 0 Å². The van der Waals surface area contributed by atoms with Crippen LogP contribution in [-0.2, 0) is 10.0 Å². The number of hydrogen-bond acceptors (Lipinski definition) is 4. The van der Waals surface area contributed by atoms with Crippen molar-refractivity contribution in [1.29, 1.82) is 0 Å². The van der Waals surface area contributed by atoms with Gasteiger partial charge in [0.1, 0.15) is 0 Å². The molecule has 106 valence electrons. The lowest BCUT2D eigenvalue weighted by atomic mass is 10.3. The molecule has 0 spiro atoms. The van der Waals surface area contributed by atoms with Crippen LogP contribution in [-0.4, -0.2) is 46.5 Å². The van der Waals surface area contributed by atoms with E-state index in [4.69, 9.17) is 0 Å². The van der Waals surface area contributed by atoms with Crippen molar-refractivity contribution in [3.63, 3.8) is 0 Å². The van der Waals surface area contributed by atoms with Gasteiger partial charge in [0.15, 0.2) is 0 Å². The minimum Gasteiger partial charge on any atom is -0.384 e. The molecule has 1 aliphatic rings. The van der Waals surface area contributed by atoms with Gasteiger partial charge in [0.25, 0.3) is 0 Å². The van der Waals surface area contributed by atoms with E-state index in [1.165, 1.54) is 0 Å². The fraction of sp³-hybridized carbons (Fsp3) is 0.538. The summed E-state index contributed by atoms with van der Waals surface area (Å²) >= 11 is 0. The maximum absolute atomic E-state index is 12.0. The minimum atomic E-state index is -3.33. The molecule has 0 heterocycles. The smallest absolute Gasteiger partial charge is 0.240 e. The van der Waals surface area contributed by atoms with Gasteiger partial charge >= 0.3 is 0 Å². The predicted molar refractivity (Wildman–Crippen MR) is 76.8 cm³/mol. The topological polar surface area (TPSA) is 61.4 Å². The summed E-state index contributed by atoms with van der Waals surface area (Å²) in [5, 5.41) is 3.25. The molecule has 19 heavy (non-hydrogen) atoms. The summed E-state index contributed by atoms with van der Waals surface area (Å²) < 4.78 is 26.6. The van der Waals surface area contributed by atoms with E-state index in [2.05, 4.69) is 14.9 Å². The maximum atomic E-state index is 12.0. The molecule has 1 aromatic carbocycles. The number of nitrogens with zero attached hydrogens (tertiary/aromatic N) is 1. The molecule has 1 saturated carbocycles. The molecular formula is C13H21N3O2S. The van der Waals surface area contributed by atoms with Crippen molar-refractivity contribution in [3.05, 3.63) is 24.3 Å². The zero-order chi connectivity index (χ0) is 13.9. The highest BCUT2D eigenvalue weighted by Gasteiger charge is 2.27. The highest BCUT2D eigenvalue weighted by Crippen LogP contribution is 2.22. The van der Waals surface area contributed by atoms with Crippen molar-refractivity contribution in [1.82, 2.24) is 9.62 Å². The van der Waals surface area contributed by atoms with E-state index in [-0.39, 0.29) is 6.04 Å². The summed E-state index contributed by atoms with van der Waals surface area (Å²) in [6, 6.07) is 7.03. The van der Waals surface area contributed by atoms with Crippen LogP contribution in [0.5, 0.6) is 0 Å². The number of anilines is 1. The lowest BCUT2D eigenvalue weighted by Crippen LogP contribution is -2.25. The zero-order valence-electron chi connectivity index (χ0n) is 11.4. The molecule has 6 heteroatoms. The van der Waals surface area contributed by atoms with Gasteiger partial charge in [-0.2, -0.15) is 0 Å². The number of rotatable bonds is 7. The normalized spacial score (nSPS) is 15.7. The average Bonchev–Trinajstić information content (AvgIpc) is 3.12. The fourth-order valence-electron chi connectivity index (χ4n) is 1.66. The Morgan fingerprint density at radius 2 is 1.84 bits per heavy atom. The number of nitrogens with one attached hydrogen (secondary N) is 2. The first kappa shape index (κ1) is 14.3. The molecule has 0 unspecified atom stereocenters. The second-order valence-electron chi connectivity index (χ2n) is 5.15. The molecule has 1 fully saturated rings. The molecule has 2 rings (SSSR count). The number of sulfonamides is 1. The molecule has 0 saturated heterocycles. The fourth-order valence-corrected chi connectivity index (χ4v) is 2.97. The van der Waals surface area contributed by atoms with Crippen LogP contribution in [0.2, 0.25) is 0 Å². The lowest BCUT2D eigenvalue weighted by molar-refractivity contribution is 0.425. The van der Waals surface area contributed by atoms with E-state index < -0.39 is 10.0 Å². The van der Waals surface area contributed by atoms with Gasteiger partial charge in [-0.1, -0.05) is 0 Å². The van der Waals surface area contributed by atoms with Crippen LogP contribution < -0.4 is 10.0 Å². The Kier molecular flexibility index (Phi) is 4.44. The molecule has 0 bridgehead atoms. The quantitative estimate of drug-likeness (QED) is 0.787. The average molecular weight is 283 g/mol. The molecule has 1 aromatic rings. The highest BCUT2D eigenvalue weighted by atomic mass is 32.2. The van der Waals surface area contributed by atoms with E-state index >= 15 is 0 Å². The largest absolute Gasteiger partial charge is 0.384 e. The molecule has 0 radical (unpaired) electrons. The second-order valence-corrected chi connectivity index (χ2v) is 6.86. The van der Waals surface area contributed by atoms with Crippen molar-refractivity contribution in [2.24, 2.45) is 0 Å². The van der Waals surface area contributed by atoms with Gasteiger partial charge in [-0.25, -0.2) is 13.1 Å². The third-order valence-corrected chi connectivity index (χ3v) is 4.49. The van der Waals surface area contributed by atoms with Crippen LogP contribution in [0, 0.1) is 0 Å². The van der Waals surface area contributed by atoms with Crippen molar-refractivity contribution in [3.8, 4) is 0 Å². The van der Waals surface area contributed by atoms with Crippen LogP contribution in [0.15, 0.2) is 29.2 Å². The Morgan fingerprint density at radius 3 is 2.37 bits per heavy atom. The number of benzene rings is 1. The Bertz CT molecular complexity index is 507. The molecule has 1 aliphatic carbocycles. The predicted octanol–water partition coefficient (Wildman–Crippen LogP) is 1.10.